The van der Waals surface area contributed by atoms with Gasteiger partial charge in [-0.3, -0.25) is 9.78 Å². The van der Waals surface area contributed by atoms with Gasteiger partial charge in [-0.1, -0.05) is 18.9 Å². The fourth-order valence-electron chi connectivity index (χ4n) is 4.08. The van der Waals surface area contributed by atoms with Gasteiger partial charge in [-0.25, -0.2) is 0 Å². The molecular weight excluding hydrogens is 292 g/mol. The molecule has 0 amide bonds. The van der Waals surface area contributed by atoms with Crippen LogP contribution in [0.2, 0.25) is 0 Å². The van der Waals surface area contributed by atoms with Crippen LogP contribution in [0.3, 0.4) is 0 Å². The second-order valence-electron chi connectivity index (χ2n) is 6.35. The minimum atomic E-state index is -1.23. The molecule has 0 bridgehead atoms. The molecule has 2 aliphatic rings. The number of nitrogens with zero attached hydrogens (tertiary/aromatic N) is 2. The van der Waals surface area contributed by atoms with Gasteiger partial charge in [0.15, 0.2) is 5.92 Å². The number of aromatic nitrogens is 1. The zero-order valence-corrected chi connectivity index (χ0v) is 13.1. The van der Waals surface area contributed by atoms with Crippen molar-refractivity contribution in [3.63, 3.8) is 0 Å². The summed E-state index contributed by atoms with van der Waals surface area (Å²) >= 11 is 0. The van der Waals surface area contributed by atoms with Gasteiger partial charge in [-0.2, -0.15) is 5.26 Å². The monoisotopic (exact) mass is 318 g/mol. The first kappa shape index (κ1) is 11.6. The molecule has 1 aromatic rings. The van der Waals surface area contributed by atoms with Crippen LogP contribution in [0, 0.1) is 17.2 Å². The molecule has 1 spiro atoms. The molecule has 2 unspecified atom stereocenters. The molecule has 3 rings (SSSR count). The van der Waals surface area contributed by atoms with Crippen molar-refractivity contribution in [2.75, 3.05) is 13.7 Å². The fraction of sp³-hybridized carbons (Fsp3) is 0.611. The third-order valence-corrected chi connectivity index (χ3v) is 5.17. The van der Waals surface area contributed by atoms with E-state index in [1.165, 1.54) is 7.11 Å². The van der Waals surface area contributed by atoms with E-state index >= 15 is 0 Å². The number of methoxy groups -OCH3 is 1. The Bertz CT molecular complexity index is 805. The number of pyridine rings is 1. The molecule has 1 aliphatic carbocycles. The SMILES string of the molecule is [2H]c1nc(C2(C(C#N)C(=O)OC)CCOC3(CCCC3)C2)c([2H])c([2H])c1[2H]. The van der Waals surface area contributed by atoms with E-state index in [2.05, 4.69) is 4.98 Å². The lowest BCUT2D eigenvalue weighted by molar-refractivity contribution is -0.153. The quantitative estimate of drug-likeness (QED) is 0.801. The van der Waals surface area contributed by atoms with Crippen LogP contribution >= 0.6 is 0 Å². The van der Waals surface area contributed by atoms with Crippen molar-refractivity contribution < 1.29 is 19.8 Å². The van der Waals surface area contributed by atoms with E-state index in [1.807, 2.05) is 6.07 Å². The van der Waals surface area contributed by atoms with Crippen LogP contribution in [0.5, 0.6) is 0 Å². The van der Waals surface area contributed by atoms with Crippen LogP contribution < -0.4 is 0 Å². The Kier molecular flexibility index (Phi) is 3.17. The van der Waals surface area contributed by atoms with Crippen molar-refractivity contribution in [3.05, 3.63) is 30.0 Å². The van der Waals surface area contributed by atoms with Gasteiger partial charge in [0, 0.05) is 23.9 Å². The zero-order chi connectivity index (χ0) is 19.8. The lowest BCUT2D eigenvalue weighted by Gasteiger charge is -2.47. The van der Waals surface area contributed by atoms with E-state index in [4.69, 9.17) is 15.0 Å². The lowest BCUT2D eigenvalue weighted by Crippen LogP contribution is -2.52. The van der Waals surface area contributed by atoms with Crippen LogP contribution in [0.1, 0.15) is 49.7 Å². The van der Waals surface area contributed by atoms with Gasteiger partial charge in [-0.05, 0) is 37.8 Å². The van der Waals surface area contributed by atoms with Crippen LogP contribution in [0.25, 0.3) is 0 Å². The molecule has 1 saturated heterocycles. The molecule has 2 fully saturated rings. The smallest absolute Gasteiger partial charge is 0.324 e. The molecule has 0 aromatic carbocycles. The first-order valence-corrected chi connectivity index (χ1v) is 7.86. The summed E-state index contributed by atoms with van der Waals surface area (Å²) in [6.45, 7) is 0.291. The average Bonchev–Trinajstić information content (AvgIpc) is 3.10. The molecule has 1 saturated carbocycles. The summed E-state index contributed by atoms with van der Waals surface area (Å²) in [6.07, 6.45) is 3.68. The van der Waals surface area contributed by atoms with Crippen LogP contribution in [-0.4, -0.2) is 30.3 Å². The van der Waals surface area contributed by atoms with Gasteiger partial charge in [-0.15, -0.1) is 0 Å². The number of hydrogen-bond donors (Lipinski definition) is 0. The minimum Gasteiger partial charge on any atom is -0.468 e. The average molecular weight is 318 g/mol. The van der Waals surface area contributed by atoms with Gasteiger partial charge in [0.2, 0.25) is 0 Å². The highest BCUT2D eigenvalue weighted by Crippen LogP contribution is 2.51. The van der Waals surface area contributed by atoms with Gasteiger partial charge in [0.1, 0.15) is 0 Å². The van der Waals surface area contributed by atoms with Crippen molar-refractivity contribution in [1.29, 1.82) is 5.26 Å². The van der Waals surface area contributed by atoms with Crippen molar-refractivity contribution in [3.8, 4) is 6.07 Å². The Morgan fingerprint density at radius 2 is 2.26 bits per heavy atom. The van der Waals surface area contributed by atoms with Crippen molar-refractivity contribution in [1.82, 2.24) is 4.98 Å². The van der Waals surface area contributed by atoms with Crippen molar-refractivity contribution >= 4 is 5.97 Å². The number of hydrogen-bond acceptors (Lipinski definition) is 5. The van der Waals surface area contributed by atoms with Crippen molar-refractivity contribution in [2.45, 2.75) is 49.5 Å². The van der Waals surface area contributed by atoms with E-state index < -0.39 is 41.2 Å². The molecule has 2 heterocycles. The predicted octanol–water partition coefficient (Wildman–Crippen LogP) is 2.76. The summed E-state index contributed by atoms with van der Waals surface area (Å²) in [5.74, 6) is -1.95. The molecule has 122 valence electrons. The third-order valence-electron chi connectivity index (χ3n) is 5.17. The number of ether oxygens (including phenoxy) is 2. The maximum Gasteiger partial charge on any atom is 0.324 e. The largest absolute Gasteiger partial charge is 0.468 e. The van der Waals surface area contributed by atoms with E-state index in [1.54, 1.807) is 0 Å². The summed E-state index contributed by atoms with van der Waals surface area (Å²) in [7, 11) is 1.21. The molecule has 2 atom stereocenters. The number of rotatable bonds is 3. The number of carbonyl (C=O) groups excluding carboxylic acids is 1. The number of carbonyl (C=O) groups is 1. The maximum absolute atomic E-state index is 12.5. The molecule has 5 nitrogen and oxygen atoms in total. The Labute approximate surface area is 142 Å². The summed E-state index contributed by atoms with van der Waals surface area (Å²) in [5.41, 5.74) is -1.62. The fourth-order valence-corrected chi connectivity index (χ4v) is 4.08. The summed E-state index contributed by atoms with van der Waals surface area (Å²) in [5, 5.41) is 9.81. The second kappa shape index (κ2) is 6.29. The molecule has 23 heavy (non-hydrogen) atoms. The molecule has 0 N–H and O–H groups in total. The predicted molar refractivity (Wildman–Crippen MR) is 83.4 cm³/mol. The van der Waals surface area contributed by atoms with Crippen LogP contribution in [0.4, 0.5) is 0 Å². The molecule has 1 aliphatic heterocycles. The molecule has 5 heteroatoms. The topological polar surface area (TPSA) is 72.2 Å². The molecular formula is C18H22N2O3. The highest BCUT2D eigenvalue weighted by molar-refractivity contribution is 5.77. The Hall–Kier alpha value is -1.93. The normalized spacial score (nSPS) is 29.7. The number of esters is 1. The zero-order valence-electron chi connectivity index (χ0n) is 17.1. The maximum atomic E-state index is 12.5. The molecule has 0 radical (unpaired) electrons. The highest BCUT2D eigenvalue weighted by Gasteiger charge is 2.55. The van der Waals surface area contributed by atoms with Crippen LogP contribution in [-0.2, 0) is 19.7 Å². The van der Waals surface area contributed by atoms with E-state index in [0.717, 1.165) is 25.7 Å². The third kappa shape index (κ3) is 2.72. The van der Waals surface area contributed by atoms with E-state index in [9.17, 15) is 10.1 Å². The van der Waals surface area contributed by atoms with Gasteiger partial charge < -0.3 is 9.47 Å². The Morgan fingerprint density at radius 3 is 2.96 bits per heavy atom. The van der Waals surface area contributed by atoms with Crippen LogP contribution in [0.15, 0.2) is 24.3 Å². The van der Waals surface area contributed by atoms with Gasteiger partial charge in [0.05, 0.1) is 24.3 Å². The minimum absolute atomic E-state index is 0.0556. The second-order valence-corrected chi connectivity index (χ2v) is 6.35. The first-order valence-electron chi connectivity index (χ1n) is 9.86. The van der Waals surface area contributed by atoms with E-state index in [-0.39, 0.29) is 18.2 Å². The van der Waals surface area contributed by atoms with Gasteiger partial charge >= 0.3 is 5.97 Å². The van der Waals surface area contributed by atoms with Gasteiger partial charge in [0.25, 0.3) is 0 Å². The number of nitriles is 1. The summed E-state index contributed by atoms with van der Waals surface area (Å²) < 4.78 is 43.0. The lowest BCUT2D eigenvalue weighted by atomic mass is 9.63. The van der Waals surface area contributed by atoms with Crippen molar-refractivity contribution in [2.24, 2.45) is 5.92 Å². The Morgan fingerprint density at radius 1 is 1.48 bits per heavy atom. The highest BCUT2D eigenvalue weighted by atomic mass is 16.5. The summed E-state index contributed by atoms with van der Waals surface area (Å²) in [6, 6.07) is 0.861. The first-order chi connectivity index (χ1) is 12.8. The van der Waals surface area contributed by atoms with E-state index in [0.29, 0.717) is 13.0 Å². The molecule has 1 aromatic heterocycles. The summed E-state index contributed by atoms with van der Waals surface area (Å²) in [4.78, 5) is 16.6. The standard InChI is InChI=1S/C18H22N2O3/c1-22-16(21)14(12-19)18(15-6-2-5-10-20-15)9-11-23-17(13-18)7-3-4-8-17/h2,5-6,10,14H,3-4,7-9,11,13H2,1H3/i2D,5D,6D,10D. The Balaban J connectivity index is 2.23.